The number of rotatable bonds is 7. The second kappa shape index (κ2) is 11.4. The predicted octanol–water partition coefficient (Wildman–Crippen LogP) is 2.42. The Morgan fingerprint density at radius 2 is 2.08 bits per heavy atom. The van der Waals surface area contributed by atoms with Gasteiger partial charge in [-0.1, -0.05) is 6.07 Å². The monoisotopic (exact) mass is 354 g/mol. The largest absolute Gasteiger partial charge is 0.496 e. The number of likely N-dealkylation sites (tertiary alicyclic amines) is 1. The number of hydrogen-bond acceptors (Lipinski definition) is 4. The zero-order valence-corrected chi connectivity index (χ0v) is 14.8. The molecule has 0 aromatic heterocycles. The Bertz CT molecular complexity index is 548. The molecule has 0 radical (unpaired) electrons. The van der Waals surface area contributed by atoms with Crippen LogP contribution in [0.2, 0.25) is 0 Å². The molecule has 1 aromatic rings. The van der Waals surface area contributed by atoms with Gasteiger partial charge in [-0.15, -0.1) is 0 Å². The molecule has 1 atom stereocenters. The van der Waals surface area contributed by atoms with Crippen molar-refractivity contribution < 1.29 is 23.8 Å². The van der Waals surface area contributed by atoms with Crippen molar-refractivity contribution in [2.75, 3.05) is 20.2 Å². The Balaban J connectivity index is 0.000000970. The Labute approximate surface area is 148 Å². The van der Waals surface area contributed by atoms with Crippen LogP contribution in [0.25, 0.3) is 0 Å². The van der Waals surface area contributed by atoms with Crippen LogP contribution in [-0.4, -0.2) is 48.6 Å². The third-order valence-corrected chi connectivity index (χ3v) is 4.28. The van der Waals surface area contributed by atoms with Crippen LogP contribution in [-0.2, 0) is 16.1 Å². The van der Waals surface area contributed by atoms with Gasteiger partial charge in [0.05, 0.1) is 7.11 Å². The van der Waals surface area contributed by atoms with Gasteiger partial charge in [-0.3, -0.25) is 9.59 Å². The molecule has 0 aliphatic carbocycles. The normalized spacial score (nSPS) is 15.0. The summed E-state index contributed by atoms with van der Waals surface area (Å²) in [6.45, 7) is 4.59. The average molecular weight is 354 g/mol. The zero-order valence-electron chi connectivity index (χ0n) is 14.8. The SMILES string of the molecule is COc1cc(F)ccc1CNC(=O)CCC(C)N1CCCC1.O=CO. The van der Waals surface area contributed by atoms with E-state index in [-0.39, 0.29) is 18.2 Å². The lowest BCUT2D eigenvalue weighted by Gasteiger charge is -2.23. The summed E-state index contributed by atoms with van der Waals surface area (Å²) in [5.41, 5.74) is 0.782. The lowest BCUT2D eigenvalue weighted by atomic mass is 10.1. The van der Waals surface area contributed by atoms with E-state index in [0.29, 0.717) is 24.8 Å². The van der Waals surface area contributed by atoms with Crippen molar-refractivity contribution >= 4 is 12.4 Å². The minimum Gasteiger partial charge on any atom is -0.496 e. The highest BCUT2D eigenvalue weighted by atomic mass is 19.1. The van der Waals surface area contributed by atoms with Gasteiger partial charge in [0.2, 0.25) is 5.91 Å². The summed E-state index contributed by atoms with van der Waals surface area (Å²) in [4.78, 5) is 22.8. The van der Waals surface area contributed by atoms with E-state index < -0.39 is 0 Å². The Morgan fingerprint density at radius 1 is 1.44 bits per heavy atom. The first-order valence-electron chi connectivity index (χ1n) is 8.42. The van der Waals surface area contributed by atoms with Crippen molar-refractivity contribution in [1.29, 1.82) is 0 Å². The highest BCUT2D eigenvalue weighted by Gasteiger charge is 2.18. The first-order valence-corrected chi connectivity index (χ1v) is 8.42. The molecule has 0 saturated carbocycles. The van der Waals surface area contributed by atoms with E-state index in [1.165, 1.54) is 32.1 Å². The number of nitrogens with one attached hydrogen (secondary N) is 1. The van der Waals surface area contributed by atoms with Gasteiger partial charge in [0.15, 0.2) is 0 Å². The number of amides is 1. The van der Waals surface area contributed by atoms with Crippen LogP contribution in [0.5, 0.6) is 5.75 Å². The summed E-state index contributed by atoms with van der Waals surface area (Å²) < 4.78 is 18.2. The van der Waals surface area contributed by atoms with E-state index in [0.717, 1.165) is 25.1 Å². The summed E-state index contributed by atoms with van der Waals surface area (Å²) in [5.74, 6) is 0.148. The quantitative estimate of drug-likeness (QED) is 0.735. The van der Waals surface area contributed by atoms with Gasteiger partial charge in [0, 0.05) is 30.6 Å². The molecule has 1 saturated heterocycles. The van der Waals surface area contributed by atoms with Gasteiger partial charge >= 0.3 is 0 Å². The third kappa shape index (κ3) is 7.51. The van der Waals surface area contributed by atoms with E-state index in [1.54, 1.807) is 6.07 Å². The van der Waals surface area contributed by atoms with Gasteiger partial charge in [-0.25, -0.2) is 4.39 Å². The second-order valence-electron chi connectivity index (χ2n) is 5.97. The van der Waals surface area contributed by atoms with Crippen molar-refractivity contribution in [3.8, 4) is 5.75 Å². The molecule has 1 aliphatic rings. The molecule has 1 fully saturated rings. The maximum atomic E-state index is 13.1. The number of ether oxygens (including phenoxy) is 1. The lowest BCUT2D eigenvalue weighted by Crippen LogP contribution is -2.32. The topological polar surface area (TPSA) is 78.9 Å². The molecule has 1 unspecified atom stereocenters. The Morgan fingerprint density at radius 3 is 2.68 bits per heavy atom. The van der Waals surface area contributed by atoms with Crippen LogP contribution in [0.3, 0.4) is 0 Å². The molecule has 6 nitrogen and oxygen atoms in total. The number of hydrogen-bond donors (Lipinski definition) is 2. The van der Waals surface area contributed by atoms with Crippen molar-refractivity contribution in [1.82, 2.24) is 10.2 Å². The molecule has 25 heavy (non-hydrogen) atoms. The molecule has 0 spiro atoms. The molecule has 1 amide bonds. The molecule has 7 heteroatoms. The van der Waals surface area contributed by atoms with Crippen LogP contribution >= 0.6 is 0 Å². The Kier molecular flexibility index (Phi) is 9.54. The van der Waals surface area contributed by atoms with Gasteiger partial charge in [0.25, 0.3) is 6.47 Å². The Hall–Kier alpha value is -2.15. The smallest absolute Gasteiger partial charge is 0.290 e. The number of nitrogens with zero attached hydrogens (tertiary/aromatic N) is 1. The molecule has 1 aliphatic heterocycles. The summed E-state index contributed by atoms with van der Waals surface area (Å²) in [5, 5.41) is 9.77. The predicted molar refractivity (Wildman–Crippen MR) is 93.0 cm³/mol. The second-order valence-corrected chi connectivity index (χ2v) is 5.97. The van der Waals surface area contributed by atoms with E-state index in [2.05, 4.69) is 17.1 Å². The first kappa shape index (κ1) is 20.9. The maximum absolute atomic E-state index is 13.1. The fraction of sp³-hybridized carbons (Fsp3) is 0.556. The van der Waals surface area contributed by atoms with Crippen LogP contribution in [0, 0.1) is 5.82 Å². The van der Waals surface area contributed by atoms with Gasteiger partial charge < -0.3 is 20.1 Å². The minimum atomic E-state index is -0.341. The summed E-state index contributed by atoms with van der Waals surface area (Å²) >= 11 is 0. The standard InChI is InChI=1S/C17H25FN2O2.CH2O2/c1-13(20-9-3-4-10-20)5-8-17(21)19-12-14-6-7-15(18)11-16(14)22-2;2-1-3/h6-7,11,13H,3-5,8-10,12H2,1-2H3,(H,19,21);1H,(H,2,3). The average Bonchev–Trinajstić information content (AvgIpc) is 3.13. The highest BCUT2D eigenvalue weighted by Crippen LogP contribution is 2.19. The lowest BCUT2D eigenvalue weighted by molar-refractivity contribution is -0.123. The summed E-state index contributed by atoms with van der Waals surface area (Å²) in [7, 11) is 1.50. The molecule has 1 heterocycles. The number of carbonyl (C=O) groups is 2. The van der Waals surface area contributed by atoms with Gasteiger partial charge in [-0.05, 0) is 45.3 Å². The summed E-state index contributed by atoms with van der Waals surface area (Å²) in [6.07, 6.45) is 3.91. The van der Waals surface area contributed by atoms with Crippen molar-refractivity contribution in [3.05, 3.63) is 29.6 Å². The van der Waals surface area contributed by atoms with Gasteiger partial charge in [0.1, 0.15) is 11.6 Å². The molecule has 140 valence electrons. The van der Waals surface area contributed by atoms with Crippen LogP contribution < -0.4 is 10.1 Å². The zero-order chi connectivity index (χ0) is 18.7. The minimum absolute atomic E-state index is 0.0254. The van der Waals surface area contributed by atoms with E-state index >= 15 is 0 Å². The fourth-order valence-corrected chi connectivity index (χ4v) is 2.85. The van der Waals surface area contributed by atoms with Crippen LogP contribution in [0.4, 0.5) is 4.39 Å². The van der Waals surface area contributed by atoms with E-state index in [1.807, 2.05) is 0 Å². The molecule has 1 aromatic carbocycles. The third-order valence-electron chi connectivity index (χ3n) is 4.28. The number of benzene rings is 1. The van der Waals surface area contributed by atoms with E-state index in [4.69, 9.17) is 14.6 Å². The molecular weight excluding hydrogens is 327 g/mol. The number of methoxy groups -OCH3 is 1. The van der Waals surface area contributed by atoms with Crippen molar-refractivity contribution in [3.63, 3.8) is 0 Å². The maximum Gasteiger partial charge on any atom is 0.290 e. The van der Waals surface area contributed by atoms with Gasteiger partial charge in [-0.2, -0.15) is 0 Å². The molecule has 2 N–H and O–H groups in total. The van der Waals surface area contributed by atoms with Crippen LogP contribution in [0.1, 0.15) is 38.2 Å². The number of carboxylic acid groups (broad SMARTS) is 1. The van der Waals surface area contributed by atoms with E-state index in [9.17, 15) is 9.18 Å². The van der Waals surface area contributed by atoms with Crippen molar-refractivity contribution in [2.24, 2.45) is 0 Å². The summed E-state index contributed by atoms with van der Waals surface area (Å²) in [6, 6.07) is 4.80. The molecule has 2 rings (SSSR count). The first-order chi connectivity index (χ1) is 12.0. The van der Waals surface area contributed by atoms with Crippen molar-refractivity contribution in [2.45, 2.75) is 45.2 Å². The molecular formula is C18H27FN2O4. The van der Waals surface area contributed by atoms with Crippen LogP contribution in [0.15, 0.2) is 18.2 Å². The fourth-order valence-electron chi connectivity index (χ4n) is 2.85. The molecule has 0 bridgehead atoms. The number of carbonyl (C=O) groups excluding carboxylic acids is 1. The highest BCUT2D eigenvalue weighted by molar-refractivity contribution is 5.75. The number of halogens is 1.